The Hall–Kier alpha value is -2.56. The van der Waals surface area contributed by atoms with Crippen molar-refractivity contribution in [1.29, 1.82) is 0 Å². The number of urea groups is 1. The second kappa shape index (κ2) is 6.26. The highest BCUT2D eigenvalue weighted by atomic mass is 16.2. The molecule has 0 saturated carbocycles. The lowest BCUT2D eigenvalue weighted by Crippen LogP contribution is -2.47. The first-order valence-electron chi connectivity index (χ1n) is 6.83. The van der Waals surface area contributed by atoms with Crippen LogP contribution < -0.4 is 16.4 Å². The van der Waals surface area contributed by atoms with Crippen molar-refractivity contribution in [1.82, 2.24) is 10.6 Å². The summed E-state index contributed by atoms with van der Waals surface area (Å²) in [7, 11) is 0. The number of carbonyl (C=O) groups excluding carboxylic acids is 2. The molecule has 0 aliphatic carbocycles. The largest absolute Gasteiger partial charge is 0.352 e. The third kappa shape index (κ3) is 3.51. The van der Waals surface area contributed by atoms with Crippen LogP contribution in [0.3, 0.4) is 0 Å². The van der Waals surface area contributed by atoms with Gasteiger partial charge in [0.2, 0.25) is 5.91 Å². The van der Waals surface area contributed by atoms with E-state index in [9.17, 15) is 9.59 Å². The predicted octanol–water partition coefficient (Wildman–Crippen LogP) is 2.07. The molecule has 3 amide bonds. The van der Waals surface area contributed by atoms with E-state index in [4.69, 9.17) is 5.73 Å². The van der Waals surface area contributed by atoms with Crippen molar-refractivity contribution in [3.05, 3.63) is 48.0 Å². The Morgan fingerprint density at radius 1 is 1.00 bits per heavy atom. The Bertz CT molecular complexity index is 664. The van der Waals surface area contributed by atoms with Crippen LogP contribution >= 0.6 is 0 Å². The molecule has 0 aromatic heterocycles. The highest BCUT2D eigenvalue weighted by molar-refractivity contribution is 5.88. The van der Waals surface area contributed by atoms with Crippen molar-refractivity contribution in [2.75, 3.05) is 0 Å². The van der Waals surface area contributed by atoms with Gasteiger partial charge < -0.3 is 16.4 Å². The van der Waals surface area contributed by atoms with E-state index in [1.54, 1.807) is 6.92 Å². The quantitative estimate of drug-likeness (QED) is 0.803. The van der Waals surface area contributed by atoms with Crippen molar-refractivity contribution >= 4 is 22.7 Å². The summed E-state index contributed by atoms with van der Waals surface area (Å²) >= 11 is 0. The summed E-state index contributed by atoms with van der Waals surface area (Å²) in [4.78, 5) is 22.8. The number of fused-ring (bicyclic) bond motifs is 1. The fourth-order valence-corrected chi connectivity index (χ4v) is 2.32. The highest BCUT2D eigenvalue weighted by Crippen LogP contribution is 2.23. The average Bonchev–Trinajstić information content (AvgIpc) is 2.45. The summed E-state index contributed by atoms with van der Waals surface area (Å²) in [5.41, 5.74) is 6.05. The van der Waals surface area contributed by atoms with Crippen LogP contribution in [0.2, 0.25) is 0 Å². The Morgan fingerprint density at radius 3 is 2.38 bits per heavy atom. The van der Waals surface area contributed by atoms with Crippen LogP contribution in [0.15, 0.2) is 42.5 Å². The first-order chi connectivity index (χ1) is 9.99. The second-order valence-corrected chi connectivity index (χ2v) is 5.03. The van der Waals surface area contributed by atoms with Gasteiger partial charge in [-0.2, -0.15) is 0 Å². The zero-order valence-corrected chi connectivity index (χ0v) is 12.1. The van der Waals surface area contributed by atoms with E-state index in [2.05, 4.69) is 10.6 Å². The second-order valence-electron chi connectivity index (χ2n) is 5.03. The molecule has 2 rings (SSSR count). The molecule has 0 aliphatic rings. The van der Waals surface area contributed by atoms with E-state index in [-0.39, 0.29) is 11.9 Å². The highest BCUT2D eigenvalue weighted by Gasteiger charge is 2.17. The number of carbonyl (C=O) groups is 2. The number of hydrogen-bond acceptors (Lipinski definition) is 2. The molecule has 2 unspecified atom stereocenters. The predicted molar refractivity (Wildman–Crippen MR) is 82.7 cm³/mol. The van der Waals surface area contributed by atoms with Crippen LogP contribution in [0.25, 0.3) is 10.8 Å². The topological polar surface area (TPSA) is 84.2 Å². The zero-order chi connectivity index (χ0) is 15.4. The minimum absolute atomic E-state index is 0.166. The van der Waals surface area contributed by atoms with Gasteiger partial charge in [0, 0.05) is 0 Å². The summed E-state index contributed by atoms with van der Waals surface area (Å²) in [6, 6.07) is 12.4. The van der Waals surface area contributed by atoms with Gasteiger partial charge in [0.15, 0.2) is 0 Å². The molecule has 4 N–H and O–H groups in total. The molecule has 5 heteroatoms. The molecule has 0 spiro atoms. The van der Waals surface area contributed by atoms with Crippen molar-refractivity contribution < 1.29 is 9.59 Å². The molecule has 0 aliphatic heterocycles. The van der Waals surface area contributed by atoms with Gasteiger partial charge in [0.25, 0.3) is 0 Å². The lowest BCUT2D eigenvalue weighted by molar-refractivity contribution is -0.123. The van der Waals surface area contributed by atoms with Crippen molar-refractivity contribution in [3.8, 4) is 0 Å². The van der Waals surface area contributed by atoms with E-state index in [1.807, 2.05) is 49.4 Å². The number of primary amides is 1. The minimum atomic E-state index is -0.713. The molecule has 0 saturated heterocycles. The Morgan fingerprint density at radius 2 is 1.67 bits per heavy atom. The molecule has 0 radical (unpaired) electrons. The van der Waals surface area contributed by atoms with Gasteiger partial charge in [-0.25, -0.2) is 4.79 Å². The Labute approximate surface area is 123 Å². The van der Waals surface area contributed by atoms with Crippen LogP contribution in [0, 0.1) is 0 Å². The maximum absolute atomic E-state index is 12.0. The molecular weight excluding hydrogens is 266 g/mol. The van der Waals surface area contributed by atoms with Crippen LogP contribution in [0.4, 0.5) is 4.79 Å². The molecule has 21 heavy (non-hydrogen) atoms. The van der Waals surface area contributed by atoms with Gasteiger partial charge in [0.1, 0.15) is 6.04 Å². The number of nitrogens with two attached hydrogens (primary N) is 1. The van der Waals surface area contributed by atoms with E-state index in [1.165, 1.54) is 0 Å². The fourth-order valence-electron chi connectivity index (χ4n) is 2.32. The van der Waals surface area contributed by atoms with Gasteiger partial charge in [-0.1, -0.05) is 42.5 Å². The number of benzene rings is 2. The van der Waals surface area contributed by atoms with Crippen LogP contribution in [0.1, 0.15) is 25.5 Å². The molecule has 110 valence electrons. The summed E-state index contributed by atoms with van der Waals surface area (Å²) in [5, 5.41) is 7.47. The number of rotatable bonds is 4. The van der Waals surface area contributed by atoms with Gasteiger partial charge in [-0.15, -0.1) is 0 Å². The van der Waals surface area contributed by atoms with Crippen LogP contribution in [-0.4, -0.2) is 18.0 Å². The SMILES string of the molecule is CC(NC(N)=O)C(=O)NC(C)c1cccc2ccccc12. The van der Waals surface area contributed by atoms with Crippen molar-refractivity contribution in [2.45, 2.75) is 25.9 Å². The maximum Gasteiger partial charge on any atom is 0.312 e. The summed E-state index contributed by atoms with van der Waals surface area (Å²) in [6.07, 6.45) is 0. The van der Waals surface area contributed by atoms with Gasteiger partial charge >= 0.3 is 6.03 Å². The Kier molecular flexibility index (Phi) is 4.42. The molecule has 2 aromatic rings. The number of amides is 3. The normalized spacial score (nSPS) is 13.4. The summed E-state index contributed by atoms with van der Waals surface area (Å²) < 4.78 is 0. The fraction of sp³-hybridized carbons (Fsp3) is 0.250. The number of hydrogen-bond donors (Lipinski definition) is 3. The lowest BCUT2D eigenvalue weighted by Gasteiger charge is -2.19. The van der Waals surface area contributed by atoms with Gasteiger partial charge in [0.05, 0.1) is 6.04 Å². The van der Waals surface area contributed by atoms with Crippen LogP contribution in [0.5, 0.6) is 0 Å². The average molecular weight is 285 g/mol. The van der Waals surface area contributed by atoms with E-state index >= 15 is 0 Å². The summed E-state index contributed by atoms with van der Waals surface area (Å²) in [5.74, 6) is -0.269. The standard InChI is InChI=1S/C16H19N3O2/c1-10(18-15(20)11(2)19-16(17)21)13-9-5-7-12-6-3-4-8-14(12)13/h3-11H,1-2H3,(H,18,20)(H3,17,19,21). The maximum atomic E-state index is 12.0. The van der Waals surface area contributed by atoms with Crippen molar-refractivity contribution in [3.63, 3.8) is 0 Å². The molecule has 5 nitrogen and oxygen atoms in total. The molecule has 2 aromatic carbocycles. The van der Waals surface area contributed by atoms with Gasteiger partial charge in [-0.3, -0.25) is 4.79 Å². The van der Waals surface area contributed by atoms with Crippen LogP contribution in [-0.2, 0) is 4.79 Å². The third-order valence-corrected chi connectivity index (χ3v) is 3.40. The summed E-state index contributed by atoms with van der Waals surface area (Å²) in [6.45, 7) is 3.51. The first-order valence-corrected chi connectivity index (χ1v) is 6.83. The smallest absolute Gasteiger partial charge is 0.312 e. The molecule has 2 atom stereocenters. The molecule has 0 bridgehead atoms. The lowest BCUT2D eigenvalue weighted by atomic mass is 9.99. The minimum Gasteiger partial charge on any atom is -0.352 e. The number of nitrogens with one attached hydrogen (secondary N) is 2. The van der Waals surface area contributed by atoms with Crippen molar-refractivity contribution in [2.24, 2.45) is 5.73 Å². The zero-order valence-electron chi connectivity index (χ0n) is 12.1. The molecule has 0 fully saturated rings. The molecular formula is C16H19N3O2. The van der Waals surface area contributed by atoms with E-state index < -0.39 is 12.1 Å². The van der Waals surface area contributed by atoms with E-state index in [0.29, 0.717) is 0 Å². The third-order valence-electron chi connectivity index (χ3n) is 3.40. The monoisotopic (exact) mass is 285 g/mol. The van der Waals surface area contributed by atoms with E-state index in [0.717, 1.165) is 16.3 Å². The van der Waals surface area contributed by atoms with Gasteiger partial charge in [-0.05, 0) is 30.2 Å². The first kappa shape index (κ1) is 14.8. The molecule has 0 heterocycles. The Balaban J connectivity index is 2.17.